The van der Waals surface area contributed by atoms with Gasteiger partial charge in [-0.25, -0.2) is 4.79 Å². The number of nitrogens with zero attached hydrogens (tertiary/aromatic N) is 1. The molecule has 0 spiro atoms. The quantitative estimate of drug-likeness (QED) is 0.577. The number of hydrogen-bond acceptors (Lipinski definition) is 4. The van der Waals surface area contributed by atoms with Crippen LogP contribution in [0.4, 0.5) is 0 Å². The van der Waals surface area contributed by atoms with E-state index in [1.807, 2.05) is 12.1 Å². The van der Waals surface area contributed by atoms with Crippen molar-refractivity contribution in [1.29, 1.82) is 0 Å². The first-order chi connectivity index (χ1) is 9.29. The van der Waals surface area contributed by atoms with Crippen LogP contribution in [-0.4, -0.2) is 10.3 Å². The van der Waals surface area contributed by atoms with Gasteiger partial charge in [0.15, 0.2) is 5.69 Å². The molecule has 0 bridgehead atoms. The highest BCUT2D eigenvalue weighted by Crippen LogP contribution is 2.30. The predicted molar refractivity (Wildman–Crippen MR) is 82.2 cm³/mol. The Bertz CT molecular complexity index is 630. The molecule has 0 radical (unpaired) electrons. The average Bonchev–Trinajstić information content (AvgIpc) is 2.69. The smallest absolute Gasteiger partial charge is 0.365 e. The Morgan fingerprint density at radius 2 is 1.80 bits per heavy atom. The summed E-state index contributed by atoms with van der Waals surface area (Å²) in [7, 11) is 0. The molecule has 0 amide bonds. The van der Waals surface area contributed by atoms with Gasteiger partial charge in [0.1, 0.15) is 15.1 Å². The lowest BCUT2D eigenvalue weighted by Crippen LogP contribution is -2.12. The van der Waals surface area contributed by atoms with E-state index in [-0.39, 0.29) is 20.5 Å². The summed E-state index contributed by atoms with van der Waals surface area (Å²) in [5, 5.41) is 0.132. The Labute approximate surface area is 131 Å². The number of aromatic nitrogens is 1. The highest BCUT2D eigenvalue weighted by Gasteiger charge is 2.20. The van der Waals surface area contributed by atoms with Crippen LogP contribution in [0, 0.1) is 0 Å². The summed E-state index contributed by atoms with van der Waals surface area (Å²) in [4.78, 5) is 11.9. The third kappa shape index (κ3) is 3.32. The molecule has 0 atom stereocenters. The Morgan fingerprint density at radius 3 is 2.25 bits per heavy atom. The van der Waals surface area contributed by atoms with E-state index in [2.05, 4.69) is 25.1 Å². The van der Waals surface area contributed by atoms with Gasteiger partial charge in [-0.15, -0.1) is 0 Å². The van der Waals surface area contributed by atoms with Crippen molar-refractivity contribution < 1.29 is 9.53 Å². The van der Waals surface area contributed by atoms with Gasteiger partial charge < -0.3 is 4.74 Å². The van der Waals surface area contributed by atoms with Crippen molar-refractivity contribution in [3.8, 4) is 5.75 Å². The molecular weight excluding hydrogens is 317 g/mol. The second kappa shape index (κ2) is 5.72. The van der Waals surface area contributed by atoms with Crippen LogP contribution in [0.2, 0.25) is 9.36 Å². The molecule has 0 aliphatic heterocycles. The molecule has 1 aromatic heterocycles. The summed E-state index contributed by atoms with van der Waals surface area (Å²) >= 11 is 12.6. The molecule has 0 aliphatic carbocycles. The molecule has 1 aromatic carbocycles. The fourth-order valence-electron chi connectivity index (χ4n) is 1.56. The van der Waals surface area contributed by atoms with Crippen molar-refractivity contribution in [2.24, 2.45) is 0 Å². The van der Waals surface area contributed by atoms with E-state index in [0.29, 0.717) is 5.75 Å². The lowest BCUT2D eigenvalue weighted by Gasteiger charge is -2.18. The van der Waals surface area contributed by atoms with Crippen molar-refractivity contribution in [3.05, 3.63) is 44.9 Å². The summed E-state index contributed by atoms with van der Waals surface area (Å²) in [6, 6.07) is 7.36. The van der Waals surface area contributed by atoms with Gasteiger partial charge in [-0.1, -0.05) is 56.1 Å². The third-order valence-electron chi connectivity index (χ3n) is 2.72. The minimum atomic E-state index is -0.610. The van der Waals surface area contributed by atoms with Gasteiger partial charge in [0.2, 0.25) is 0 Å². The van der Waals surface area contributed by atoms with E-state index >= 15 is 0 Å². The van der Waals surface area contributed by atoms with E-state index in [1.165, 1.54) is 0 Å². The van der Waals surface area contributed by atoms with Crippen LogP contribution in [0.15, 0.2) is 24.3 Å². The van der Waals surface area contributed by atoms with E-state index in [0.717, 1.165) is 17.1 Å². The van der Waals surface area contributed by atoms with Crippen LogP contribution in [0.5, 0.6) is 5.75 Å². The molecular formula is C14H13Cl2NO2S. The SMILES string of the molecule is CC(C)(C)c1ccc(OC(=O)c2nsc(Cl)c2Cl)cc1. The summed E-state index contributed by atoms with van der Waals surface area (Å²) in [5.41, 5.74) is 1.25. The maximum absolute atomic E-state index is 11.9. The molecule has 106 valence electrons. The molecule has 3 nitrogen and oxygen atoms in total. The van der Waals surface area contributed by atoms with Crippen molar-refractivity contribution in [2.75, 3.05) is 0 Å². The van der Waals surface area contributed by atoms with Gasteiger partial charge in [-0.2, -0.15) is 4.37 Å². The molecule has 0 saturated heterocycles. The van der Waals surface area contributed by atoms with Crippen LogP contribution < -0.4 is 4.74 Å². The Morgan fingerprint density at radius 1 is 1.20 bits per heavy atom. The Balaban J connectivity index is 2.15. The molecule has 0 saturated carbocycles. The van der Waals surface area contributed by atoms with Gasteiger partial charge in [0.05, 0.1) is 0 Å². The van der Waals surface area contributed by atoms with E-state index in [9.17, 15) is 4.79 Å². The van der Waals surface area contributed by atoms with Crippen LogP contribution in [-0.2, 0) is 5.41 Å². The highest BCUT2D eigenvalue weighted by atomic mass is 35.5. The first-order valence-corrected chi connectivity index (χ1v) is 7.45. The molecule has 0 unspecified atom stereocenters. The number of hydrogen-bond donors (Lipinski definition) is 0. The summed E-state index contributed by atoms with van der Waals surface area (Å²) in [5.74, 6) is -0.162. The maximum Gasteiger partial charge on any atom is 0.365 e. The molecule has 0 aliphatic rings. The number of halogens is 2. The minimum Gasteiger partial charge on any atom is -0.422 e. The van der Waals surface area contributed by atoms with Crippen molar-refractivity contribution in [1.82, 2.24) is 4.37 Å². The normalized spacial score (nSPS) is 11.4. The van der Waals surface area contributed by atoms with Crippen molar-refractivity contribution >= 4 is 40.7 Å². The highest BCUT2D eigenvalue weighted by molar-refractivity contribution is 7.11. The second-order valence-electron chi connectivity index (χ2n) is 5.28. The van der Waals surface area contributed by atoms with E-state index in [4.69, 9.17) is 27.9 Å². The molecule has 6 heteroatoms. The maximum atomic E-state index is 11.9. The van der Waals surface area contributed by atoms with Crippen LogP contribution in [0.3, 0.4) is 0 Å². The van der Waals surface area contributed by atoms with Gasteiger partial charge in [-0.05, 0) is 34.6 Å². The first-order valence-electron chi connectivity index (χ1n) is 5.92. The van der Waals surface area contributed by atoms with Crippen LogP contribution in [0.25, 0.3) is 0 Å². The molecule has 1 heterocycles. The van der Waals surface area contributed by atoms with Gasteiger partial charge >= 0.3 is 5.97 Å². The van der Waals surface area contributed by atoms with E-state index in [1.54, 1.807) is 12.1 Å². The molecule has 0 fully saturated rings. The topological polar surface area (TPSA) is 39.2 Å². The summed E-state index contributed by atoms with van der Waals surface area (Å²) in [6.45, 7) is 6.35. The number of ether oxygens (including phenoxy) is 1. The third-order valence-corrected chi connectivity index (χ3v) is 4.33. The van der Waals surface area contributed by atoms with Crippen molar-refractivity contribution in [3.63, 3.8) is 0 Å². The fraction of sp³-hybridized carbons (Fsp3) is 0.286. The Hall–Kier alpha value is -1.10. The number of benzene rings is 1. The Kier molecular flexibility index (Phi) is 4.37. The summed E-state index contributed by atoms with van der Waals surface area (Å²) < 4.78 is 9.38. The van der Waals surface area contributed by atoms with Gasteiger partial charge in [-0.3, -0.25) is 0 Å². The monoisotopic (exact) mass is 329 g/mol. The predicted octanol–water partition coefficient (Wildman–Crippen LogP) is 4.97. The molecule has 0 N–H and O–H groups in total. The lowest BCUT2D eigenvalue weighted by atomic mass is 9.87. The lowest BCUT2D eigenvalue weighted by molar-refractivity contribution is 0.0730. The zero-order valence-corrected chi connectivity index (χ0v) is 13.6. The first kappa shape index (κ1) is 15.3. The van der Waals surface area contributed by atoms with Gasteiger partial charge in [0, 0.05) is 0 Å². The van der Waals surface area contributed by atoms with Crippen LogP contribution >= 0.6 is 34.7 Å². The largest absolute Gasteiger partial charge is 0.422 e. The molecule has 20 heavy (non-hydrogen) atoms. The zero-order chi connectivity index (χ0) is 14.9. The number of carbonyl (C=O) groups excluding carboxylic acids is 1. The number of rotatable bonds is 2. The average molecular weight is 330 g/mol. The second-order valence-corrected chi connectivity index (χ2v) is 7.04. The standard InChI is InChI=1S/C14H13Cl2NO2S/c1-14(2,3)8-4-6-9(7-5-8)19-13(18)11-10(15)12(16)20-17-11/h4-7H,1-3H3. The summed E-state index contributed by atoms with van der Waals surface area (Å²) in [6.07, 6.45) is 0. The molecule has 2 aromatic rings. The van der Waals surface area contributed by atoms with Gasteiger partial charge in [0.25, 0.3) is 0 Å². The molecule has 2 rings (SSSR count). The fourth-order valence-corrected chi connectivity index (χ4v) is 2.54. The zero-order valence-electron chi connectivity index (χ0n) is 11.2. The minimum absolute atomic E-state index is 0.0431. The number of esters is 1. The van der Waals surface area contributed by atoms with Crippen molar-refractivity contribution in [2.45, 2.75) is 26.2 Å². The van der Waals surface area contributed by atoms with E-state index < -0.39 is 5.97 Å². The number of carbonyl (C=O) groups is 1. The van der Waals surface area contributed by atoms with Crippen LogP contribution in [0.1, 0.15) is 36.8 Å².